The maximum absolute atomic E-state index is 10.6. The Morgan fingerprint density at radius 1 is 1.42 bits per heavy atom. The second kappa shape index (κ2) is 3.52. The van der Waals surface area contributed by atoms with Crippen LogP contribution in [-0.4, -0.2) is 22.5 Å². The lowest BCUT2D eigenvalue weighted by Gasteiger charge is -1.97. The van der Waals surface area contributed by atoms with Crippen molar-refractivity contribution in [1.82, 2.24) is 0 Å². The molecule has 1 aromatic rings. The van der Waals surface area contributed by atoms with Gasteiger partial charge in [-0.15, -0.1) is 0 Å². The molecule has 0 saturated heterocycles. The van der Waals surface area contributed by atoms with Gasteiger partial charge in [0.1, 0.15) is 0 Å². The van der Waals surface area contributed by atoms with Gasteiger partial charge < -0.3 is 10.3 Å². The highest BCUT2D eigenvalue weighted by Gasteiger charge is 2.05. The summed E-state index contributed by atoms with van der Waals surface area (Å²) >= 11 is 0. The average molecular weight is 165 g/mol. The molecular formula is C8H7NO3. The van der Waals surface area contributed by atoms with Crippen LogP contribution in [0.15, 0.2) is 29.4 Å². The molecular weight excluding hydrogens is 158 g/mol. The summed E-state index contributed by atoms with van der Waals surface area (Å²) in [6, 6.07) is 6.28. The lowest BCUT2D eigenvalue weighted by molar-refractivity contribution is 0.0697. The lowest BCUT2D eigenvalue weighted by atomic mass is 10.1. The minimum absolute atomic E-state index is 0.121. The Balaban J connectivity index is 3.17. The number of oxime groups is 1. The van der Waals surface area contributed by atoms with Gasteiger partial charge in [-0.25, -0.2) is 4.79 Å². The fourth-order valence-corrected chi connectivity index (χ4v) is 0.867. The molecule has 0 bridgehead atoms. The summed E-state index contributed by atoms with van der Waals surface area (Å²) in [5.74, 6) is -1.04. The minimum atomic E-state index is -1.04. The van der Waals surface area contributed by atoms with Crippen LogP contribution in [-0.2, 0) is 0 Å². The molecule has 2 N–H and O–H groups in total. The molecule has 0 atom stereocenters. The van der Waals surface area contributed by atoms with Crippen LogP contribution in [0.4, 0.5) is 0 Å². The molecule has 0 fully saturated rings. The van der Waals surface area contributed by atoms with Gasteiger partial charge in [0, 0.05) is 5.56 Å². The summed E-state index contributed by atoms with van der Waals surface area (Å²) in [6.45, 7) is 0. The number of hydrogen-bond acceptors (Lipinski definition) is 3. The Morgan fingerprint density at radius 3 is 2.67 bits per heavy atom. The van der Waals surface area contributed by atoms with Crippen molar-refractivity contribution in [2.75, 3.05) is 0 Å². The number of carboxylic acids is 1. The Kier molecular flexibility index (Phi) is 2.42. The third kappa shape index (κ3) is 1.60. The van der Waals surface area contributed by atoms with Gasteiger partial charge in [-0.1, -0.05) is 23.4 Å². The van der Waals surface area contributed by atoms with Gasteiger partial charge in [-0.05, 0) is 6.07 Å². The standard InChI is InChI=1S/C8H7NO3/c10-8(11)7-4-2-1-3-6(7)5-9-12/h1-5,12H,(H,10,11)/b9-5-. The average Bonchev–Trinajstić information content (AvgIpc) is 2.05. The van der Waals surface area contributed by atoms with E-state index < -0.39 is 5.97 Å². The van der Waals surface area contributed by atoms with Crippen LogP contribution in [0.2, 0.25) is 0 Å². The van der Waals surface area contributed by atoms with Crippen LogP contribution >= 0.6 is 0 Å². The van der Waals surface area contributed by atoms with Crippen molar-refractivity contribution in [3.8, 4) is 0 Å². The highest BCUT2D eigenvalue weighted by Crippen LogP contribution is 2.05. The quantitative estimate of drug-likeness (QED) is 0.393. The topological polar surface area (TPSA) is 69.9 Å². The highest BCUT2D eigenvalue weighted by atomic mass is 16.4. The molecule has 0 amide bonds. The SMILES string of the molecule is O=C(O)c1ccccc1/C=N\O. The molecule has 0 unspecified atom stereocenters. The van der Waals surface area contributed by atoms with Crippen LogP contribution in [0.25, 0.3) is 0 Å². The summed E-state index contributed by atoms with van der Waals surface area (Å²) in [6.07, 6.45) is 1.09. The summed E-state index contributed by atoms with van der Waals surface area (Å²) in [5, 5.41) is 19.6. The molecule has 0 aliphatic rings. The lowest BCUT2D eigenvalue weighted by Crippen LogP contribution is -2.00. The van der Waals surface area contributed by atoms with E-state index in [0.717, 1.165) is 6.21 Å². The number of benzene rings is 1. The molecule has 0 radical (unpaired) electrons. The molecule has 4 nitrogen and oxygen atoms in total. The van der Waals surface area contributed by atoms with Crippen LogP contribution in [0.1, 0.15) is 15.9 Å². The zero-order valence-electron chi connectivity index (χ0n) is 6.14. The van der Waals surface area contributed by atoms with E-state index in [1.165, 1.54) is 6.07 Å². The zero-order valence-corrected chi connectivity index (χ0v) is 6.14. The molecule has 0 spiro atoms. The smallest absolute Gasteiger partial charge is 0.336 e. The Hall–Kier alpha value is -1.84. The van der Waals surface area contributed by atoms with Crippen LogP contribution in [0.3, 0.4) is 0 Å². The number of hydrogen-bond donors (Lipinski definition) is 2. The molecule has 4 heteroatoms. The van der Waals surface area contributed by atoms with Gasteiger partial charge in [0.05, 0.1) is 11.8 Å². The highest BCUT2D eigenvalue weighted by molar-refractivity contribution is 5.98. The van der Waals surface area contributed by atoms with E-state index in [4.69, 9.17) is 10.3 Å². The number of rotatable bonds is 2. The maximum atomic E-state index is 10.6. The van der Waals surface area contributed by atoms with E-state index in [0.29, 0.717) is 5.56 Å². The van der Waals surface area contributed by atoms with Gasteiger partial charge >= 0.3 is 5.97 Å². The Bertz CT molecular complexity index is 320. The first-order valence-electron chi connectivity index (χ1n) is 3.25. The van der Waals surface area contributed by atoms with E-state index in [2.05, 4.69) is 5.16 Å². The molecule has 1 rings (SSSR count). The Morgan fingerprint density at radius 2 is 2.08 bits per heavy atom. The van der Waals surface area contributed by atoms with Crippen LogP contribution in [0, 0.1) is 0 Å². The van der Waals surface area contributed by atoms with Gasteiger partial charge in [-0.2, -0.15) is 0 Å². The molecule has 0 saturated carbocycles. The summed E-state index contributed by atoms with van der Waals surface area (Å²) < 4.78 is 0. The monoisotopic (exact) mass is 165 g/mol. The summed E-state index contributed by atoms with van der Waals surface area (Å²) in [4.78, 5) is 10.6. The first kappa shape index (κ1) is 8.26. The van der Waals surface area contributed by atoms with Crippen molar-refractivity contribution >= 4 is 12.2 Å². The summed E-state index contributed by atoms with van der Waals surface area (Å²) in [7, 11) is 0. The largest absolute Gasteiger partial charge is 0.478 e. The first-order chi connectivity index (χ1) is 5.75. The summed E-state index contributed by atoms with van der Waals surface area (Å²) in [5.41, 5.74) is 0.503. The molecule has 0 aromatic heterocycles. The molecule has 0 aliphatic heterocycles. The van der Waals surface area contributed by atoms with Crippen LogP contribution in [0.5, 0.6) is 0 Å². The van der Waals surface area contributed by atoms with E-state index >= 15 is 0 Å². The van der Waals surface area contributed by atoms with Crippen molar-refractivity contribution in [3.63, 3.8) is 0 Å². The zero-order chi connectivity index (χ0) is 8.97. The number of aromatic carboxylic acids is 1. The van der Waals surface area contributed by atoms with Gasteiger partial charge in [0.2, 0.25) is 0 Å². The van der Waals surface area contributed by atoms with Crippen molar-refractivity contribution in [2.24, 2.45) is 5.16 Å². The van der Waals surface area contributed by atoms with Crippen molar-refractivity contribution in [1.29, 1.82) is 0 Å². The van der Waals surface area contributed by atoms with Gasteiger partial charge in [-0.3, -0.25) is 0 Å². The first-order valence-corrected chi connectivity index (χ1v) is 3.25. The fraction of sp³-hybridized carbons (Fsp3) is 0. The molecule has 62 valence electrons. The molecule has 0 aliphatic carbocycles. The minimum Gasteiger partial charge on any atom is -0.478 e. The van der Waals surface area contributed by atoms with Crippen molar-refractivity contribution in [2.45, 2.75) is 0 Å². The third-order valence-electron chi connectivity index (χ3n) is 1.39. The predicted octanol–water partition coefficient (Wildman–Crippen LogP) is 1.19. The molecule has 12 heavy (non-hydrogen) atoms. The van der Waals surface area contributed by atoms with E-state index in [-0.39, 0.29) is 5.56 Å². The van der Waals surface area contributed by atoms with E-state index in [1.807, 2.05) is 0 Å². The van der Waals surface area contributed by atoms with Crippen LogP contribution < -0.4 is 0 Å². The second-order valence-corrected chi connectivity index (χ2v) is 2.14. The maximum Gasteiger partial charge on any atom is 0.336 e. The number of carboxylic acid groups (broad SMARTS) is 1. The Labute approximate surface area is 68.8 Å². The van der Waals surface area contributed by atoms with Gasteiger partial charge in [0.25, 0.3) is 0 Å². The normalized spacial score (nSPS) is 10.3. The van der Waals surface area contributed by atoms with E-state index in [1.54, 1.807) is 18.2 Å². The third-order valence-corrected chi connectivity index (χ3v) is 1.39. The van der Waals surface area contributed by atoms with Gasteiger partial charge in [0.15, 0.2) is 0 Å². The van der Waals surface area contributed by atoms with Crippen molar-refractivity contribution < 1.29 is 15.1 Å². The predicted molar refractivity (Wildman–Crippen MR) is 42.8 cm³/mol. The van der Waals surface area contributed by atoms with Crippen molar-refractivity contribution in [3.05, 3.63) is 35.4 Å². The molecule has 0 heterocycles. The number of carbonyl (C=O) groups is 1. The number of nitrogens with zero attached hydrogens (tertiary/aromatic N) is 1. The fourth-order valence-electron chi connectivity index (χ4n) is 0.867. The van der Waals surface area contributed by atoms with E-state index in [9.17, 15) is 4.79 Å². The molecule has 1 aromatic carbocycles. The second-order valence-electron chi connectivity index (χ2n) is 2.14.